The van der Waals surface area contributed by atoms with E-state index in [0.29, 0.717) is 12.0 Å². The monoisotopic (exact) mass is 347 g/mol. The van der Waals surface area contributed by atoms with Crippen LogP contribution < -0.4 is 5.32 Å². The molecule has 2 aromatic heterocycles. The summed E-state index contributed by atoms with van der Waals surface area (Å²) in [6.07, 6.45) is 2.42. The molecule has 5 heterocycles. The van der Waals surface area contributed by atoms with Crippen LogP contribution in [-0.4, -0.2) is 41.0 Å². The molecule has 122 valence electrons. The lowest BCUT2D eigenvalue weighted by Crippen LogP contribution is -2.62. The van der Waals surface area contributed by atoms with E-state index in [2.05, 4.69) is 27.5 Å². The highest BCUT2D eigenvalue weighted by molar-refractivity contribution is 7.17. The van der Waals surface area contributed by atoms with E-state index < -0.39 is 0 Å². The quantitative estimate of drug-likeness (QED) is 0.926. The SMILES string of the molecule is Cc1nc(-c2ccc(C(=O)NC3C4CCN(CC4)C3C)s2)cs1. The molecular formula is C17H21N3OS2. The number of piperidine rings is 3. The highest BCUT2D eigenvalue weighted by atomic mass is 32.1. The predicted octanol–water partition coefficient (Wildman–Crippen LogP) is 3.39. The third-order valence-corrected chi connectivity index (χ3v) is 7.06. The molecular weight excluding hydrogens is 326 g/mol. The van der Waals surface area contributed by atoms with Crippen LogP contribution in [0.25, 0.3) is 10.6 Å². The van der Waals surface area contributed by atoms with Crippen molar-refractivity contribution in [3.05, 3.63) is 27.4 Å². The standard InChI is InChI=1S/C17H21N3OS2/c1-10-16(12-5-7-20(10)8-6-12)19-17(21)15-4-3-14(23-15)13-9-22-11(2)18-13/h3-4,9-10,12,16H,5-8H2,1-2H3,(H,19,21). The Balaban J connectivity index is 1.48. The first-order chi connectivity index (χ1) is 11.1. The fourth-order valence-corrected chi connectivity index (χ4v) is 5.40. The van der Waals surface area contributed by atoms with Gasteiger partial charge in [0.25, 0.3) is 5.91 Å². The molecule has 0 aromatic carbocycles. The molecule has 6 heteroatoms. The largest absolute Gasteiger partial charge is 0.347 e. The Morgan fingerprint density at radius 2 is 2.13 bits per heavy atom. The van der Waals surface area contributed by atoms with Crippen molar-refractivity contribution in [2.45, 2.75) is 38.8 Å². The first kappa shape index (κ1) is 15.3. The van der Waals surface area contributed by atoms with Gasteiger partial charge in [-0.05, 0) is 57.8 Å². The number of thiophene rings is 1. The van der Waals surface area contributed by atoms with Crippen molar-refractivity contribution >= 4 is 28.6 Å². The summed E-state index contributed by atoms with van der Waals surface area (Å²) in [5.74, 6) is 0.707. The van der Waals surface area contributed by atoms with E-state index in [4.69, 9.17) is 0 Å². The average Bonchev–Trinajstić information content (AvgIpc) is 3.20. The third kappa shape index (κ3) is 2.84. The number of thiazole rings is 1. The number of carbonyl (C=O) groups excluding carboxylic acids is 1. The number of rotatable bonds is 3. The number of hydrogen-bond donors (Lipinski definition) is 1. The molecule has 3 saturated heterocycles. The Morgan fingerprint density at radius 1 is 1.35 bits per heavy atom. The van der Waals surface area contributed by atoms with Gasteiger partial charge in [-0.2, -0.15) is 0 Å². The molecule has 3 aliphatic rings. The molecule has 3 aliphatic heterocycles. The lowest BCUT2D eigenvalue weighted by molar-refractivity contribution is 0.0218. The Hall–Kier alpha value is -1.24. The molecule has 2 unspecified atom stereocenters. The zero-order chi connectivity index (χ0) is 16.0. The summed E-state index contributed by atoms with van der Waals surface area (Å²) < 4.78 is 0. The third-order valence-electron chi connectivity index (χ3n) is 5.18. The van der Waals surface area contributed by atoms with Gasteiger partial charge in [-0.15, -0.1) is 22.7 Å². The second-order valence-electron chi connectivity index (χ2n) is 6.53. The van der Waals surface area contributed by atoms with Gasteiger partial charge in [-0.1, -0.05) is 0 Å². The van der Waals surface area contributed by atoms with Crippen LogP contribution in [-0.2, 0) is 0 Å². The van der Waals surface area contributed by atoms with E-state index in [1.807, 2.05) is 19.1 Å². The van der Waals surface area contributed by atoms with E-state index in [-0.39, 0.29) is 11.9 Å². The van der Waals surface area contributed by atoms with Gasteiger partial charge in [0.15, 0.2) is 0 Å². The van der Waals surface area contributed by atoms with Gasteiger partial charge in [-0.3, -0.25) is 9.69 Å². The van der Waals surface area contributed by atoms with Crippen LogP contribution in [0.2, 0.25) is 0 Å². The van der Waals surface area contributed by atoms with Crippen LogP contribution in [0.4, 0.5) is 0 Å². The molecule has 2 aromatic rings. The second kappa shape index (κ2) is 6.00. The maximum Gasteiger partial charge on any atom is 0.261 e. The van der Waals surface area contributed by atoms with Crippen molar-refractivity contribution in [1.29, 1.82) is 0 Å². The molecule has 0 aliphatic carbocycles. The number of aromatic nitrogens is 1. The number of aryl methyl sites for hydroxylation is 1. The van der Waals surface area contributed by atoms with E-state index in [0.717, 1.165) is 20.5 Å². The number of carbonyl (C=O) groups is 1. The second-order valence-corrected chi connectivity index (χ2v) is 8.67. The van der Waals surface area contributed by atoms with Crippen molar-refractivity contribution in [2.75, 3.05) is 13.1 Å². The van der Waals surface area contributed by atoms with Crippen LogP contribution >= 0.6 is 22.7 Å². The maximum atomic E-state index is 12.6. The predicted molar refractivity (Wildman–Crippen MR) is 95.2 cm³/mol. The van der Waals surface area contributed by atoms with Gasteiger partial charge < -0.3 is 5.32 Å². The smallest absolute Gasteiger partial charge is 0.261 e. The van der Waals surface area contributed by atoms with Gasteiger partial charge >= 0.3 is 0 Å². The van der Waals surface area contributed by atoms with E-state index in [9.17, 15) is 4.79 Å². The summed E-state index contributed by atoms with van der Waals surface area (Å²) >= 11 is 3.18. The van der Waals surface area contributed by atoms with Gasteiger partial charge in [0, 0.05) is 17.5 Å². The van der Waals surface area contributed by atoms with Crippen molar-refractivity contribution in [1.82, 2.24) is 15.2 Å². The number of hydrogen-bond acceptors (Lipinski definition) is 5. The fourth-order valence-electron chi connectivity index (χ4n) is 3.84. The molecule has 5 rings (SSSR count). The summed E-state index contributed by atoms with van der Waals surface area (Å²) in [5, 5.41) is 6.41. The topological polar surface area (TPSA) is 45.2 Å². The maximum absolute atomic E-state index is 12.6. The summed E-state index contributed by atoms with van der Waals surface area (Å²) in [6.45, 7) is 6.62. The Morgan fingerprint density at radius 3 is 2.78 bits per heavy atom. The van der Waals surface area contributed by atoms with Crippen LogP contribution in [0.5, 0.6) is 0 Å². The number of nitrogens with one attached hydrogen (secondary N) is 1. The summed E-state index contributed by atoms with van der Waals surface area (Å²) in [4.78, 5) is 21.5. The van der Waals surface area contributed by atoms with Crippen molar-refractivity contribution in [2.24, 2.45) is 5.92 Å². The molecule has 2 atom stereocenters. The van der Waals surface area contributed by atoms with Crippen LogP contribution in [0.1, 0.15) is 34.4 Å². The molecule has 3 fully saturated rings. The molecule has 4 nitrogen and oxygen atoms in total. The zero-order valence-corrected chi connectivity index (χ0v) is 15.0. The average molecular weight is 348 g/mol. The number of fused-ring (bicyclic) bond motifs is 3. The van der Waals surface area contributed by atoms with Crippen LogP contribution in [0.15, 0.2) is 17.5 Å². The van der Waals surface area contributed by atoms with E-state index in [1.54, 1.807) is 11.3 Å². The van der Waals surface area contributed by atoms with Gasteiger partial charge in [0.05, 0.1) is 20.5 Å². The molecule has 0 spiro atoms. The van der Waals surface area contributed by atoms with Crippen molar-refractivity contribution < 1.29 is 4.79 Å². The van der Waals surface area contributed by atoms with Crippen LogP contribution in [0.3, 0.4) is 0 Å². The van der Waals surface area contributed by atoms with E-state index in [1.165, 1.54) is 37.3 Å². The molecule has 2 bridgehead atoms. The lowest BCUT2D eigenvalue weighted by atomic mass is 9.79. The van der Waals surface area contributed by atoms with Crippen molar-refractivity contribution in [3.8, 4) is 10.6 Å². The van der Waals surface area contributed by atoms with E-state index >= 15 is 0 Å². The van der Waals surface area contributed by atoms with Crippen molar-refractivity contribution in [3.63, 3.8) is 0 Å². The minimum atomic E-state index is 0.0683. The first-order valence-corrected chi connectivity index (χ1v) is 9.88. The molecule has 1 N–H and O–H groups in total. The highest BCUT2D eigenvalue weighted by Crippen LogP contribution is 2.33. The highest BCUT2D eigenvalue weighted by Gasteiger charge is 2.40. The van der Waals surface area contributed by atoms with Gasteiger partial charge in [-0.25, -0.2) is 4.98 Å². The molecule has 0 saturated carbocycles. The first-order valence-electron chi connectivity index (χ1n) is 8.19. The summed E-state index contributed by atoms with van der Waals surface area (Å²) in [6, 6.07) is 4.67. The summed E-state index contributed by atoms with van der Waals surface area (Å²) in [7, 11) is 0. The molecule has 1 amide bonds. The zero-order valence-electron chi connectivity index (χ0n) is 13.4. The Bertz CT molecular complexity index is 713. The summed E-state index contributed by atoms with van der Waals surface area (Å²) in [5.41, 5.74) is 0.979. The number of nitrogens with zero attached hydrogens (tertiary/aromatic N) is 2. The fraction of sp³-hybridized carbons (Fsp3) is 0.529. The Kier molecular flexibility index (Phi) is 3.99. The van der Waals surface area contributed by atoms with Gasteiger partial charge in [0.1, 0.15) is 0 Å². The lowest BCUT2D eigenvalue weighted by Gasteiger charge is -2.49. The molecule has 0 radical (unpaired) electrons. The number of amides is 1. The van der Waals surface area contributed by atoms with Gasteiger partial charge in [0.2, 0.25) is 0 Å². The van der Waals surface area contributed by atoms with Crippen LogP contribution in [0, 0.1) is 12.8 Å². The molecule has 23 heavy (non-hydrogen) atoms. The minimum Gasteiger partial charge on any atom is -0.347 e. The Labute approximate surface area is 144 Å². The normalized spacial score (nSPS) is 29.7. The minimum absolute atomic E-state index is 0.0683.